The molecule has 13 rings (SSSR count). The van der Waals surface area contributed by atoms with Crippen LogP contribution in [0.15, 0.2) is 259 Å². The van der Waals surface area contributed by atoms with Gasteiger partial charge in [-0.3, -0.25) is 0 Å². The number of benzene rings is 12. The first-order valence-corrected chi connectivity index (χ1v) is 22.9. The number of nitrogens with zero attached hydrogens (tertiary/aromatic N) is 2. The van der Waals surface area contributed by atoms with Crippen molar-refractivity contribution in [1.82, 2.24) is 0 Å². The molecule has 0 saturated heterocycles. The van der Waals surface area contributed by atoms with E-state index in [-0.39, 0.29) is 0 Å². The molecule has 0 spiro atoms. The summed E-state index contributed by atoms with van der Waals surface area (Å²) < 4.78 is 6.85. The minimum atomic E-state index is 0.866. The molecule has 13 aromatic rings. The highest BCUT2D eigenvalue weighted by molar-refractivity contribution is 6.15. The third-order valence-electron chi connectivity index (χ3n) is 13.3. The number of hydrogen-bond acceptors (Lipinski definition) is 3. The van der Waals surface area contributed by atoms with Crippen molar-refractivity contribution in [2.45, 2.75) is 0 Å². The van der Waals surface area contributed by atoms with Gasteiger partial charge in [0.15, 0.2) is 0 Å². The summed E-state index contributed by atoms with van der Waals surface area (Å²) in [7, 11) is 0. The van der Waals surface area contributed by atoms with Gasteiger partial charge in [-0.05, 0) is 116 Å². The van der Waals surface area contributed by atoms with Crippen LogP contribution < -0.4 is 9.80 Å². The van der Waals surface area contributed by atoms with Crippen LogP contribution in [-0.4, -0.2) is 0 Å². The largest absolute Gasteiger partial charge is 0.456 e. The summed E-state index contributed by atoms with van der Waals surface area (Å²) >= 11 is 0. The summed E-state index contributed by atoms with van der Waals surface area (Å²) in [5, 5.41) is 11.5. The lowest BCUT2D eigenvalue weighted by atomic mass is 9.96. The van der Waals surface area contributed by atoms with Crippen molar-refractivity contribution in [3.8, 4) is 22.3 Å². The molecule has 67 heavy (non-hydrogen) atoms. The number of rotatable bonds is 8. The predicted octanol–water partition coefficient (Wildman–Crippen LogP) is 18.5. The number of para-hydroxylation sites is 2. The molecule has 3 heteroatoms. The fraction of sp³-hybridized carbons (Fsp3) is 0. The quantitative estimate of drug-likeness (QED) is 0.152. The molecule has 0 radical (unpaired) electrons. The zero-order chi connectivity index (χ0) is 44.3. The smallest absolute Gasteiger partial charge is 0.136 e. The van der Waals surface area contributed by atoms with Gasteiger partial charge in [0.1, 0.15) is 11.2 Å². The summed E-state index contributed by atoms with van der Waals surface area (Å²) in [4.78, 5) is 4.83. The maximum Gasteiger partial charge on any atom is 0.136 e. The van der Waals surface area contributed by atoms with E-state index < -0.39 is 0 Å². The molecule has 1 aromatic heterocycles. The summed E-state index contributed by atoms with van der Waals surface area (Å²) in [6.07, 6.45) is 0. The maximum atomic E-state index is 6.85. The zero-order valence-electron chi connectivity index (χ0n) is 36.6. The van der Waals surface area contributed by atoms with E-state index in [0.29, 0.717) is 0 Å². The molecule has 0 aliphatic rings. The molecule has 0 amide bonds. The standard InChI is InChI=1S/C64H42N2O/c1-5-17-43(18-6-1)57-35-31-45-21-13-15-27-55(45)63(57)65(51-23-9-3-10-24-51)53-33-29-47-39-59-60-40-48-30-34-54(38-50(48)42-62(60)67-61(59)41-49(47)37-53)66(52-25-11-4-12-26-52)64-56-28-16-14-22-46(56)32-36-58(64)44-19-7-2-8-20-44/h1-42H. The van der Waals surface area contributed by atoms with Gasteiger partial charge in [-0.25, -0.2) is 0 Å². The van der Waals surface area contributed by atoms with E-state index in [9.17, 15) is 0 Å². The Morgan fingerprint density at radius 3 is 1.04 bits per heavy atom. The van der Waals surface area contributed by atoms with Gasteiger partial charge in [0.2, 0.25) is 0 Å². The van der Waals surface area contributed by atoms with Gasteiger partial charge in [0, 0.05) is 55.4 Å². The van der Waals surface area contributed by atoms with Crippen molar-refractivity contribution in [1.29, 1.82) is 0 Å². The van der Waals surface area contributed by atoms with Crippen molar-refractivity contribution in [3.63, 3.8) is 0 Å². The van der Waals surface area contributed by atoms with Crippen LogP contribution in [0, 0.1) is 0 Å². The van der Waals surface area contributed by atoms with Crippen molar-refractivity contribution in [2.75, 3.05) is 9.80 Å². The lowest BCUT2D eigenvalue weighted by Gasteiger charge is -2.29. The van der Waals surface area contributed by atoms with Crippen LogP contribution in [0.25, 0.3) is 87.3 Å². The normalized spacial score (nSPS) is 11.6. The first-order valence-electron chi connectivity index (χ1n) is 22.9. The lowest BCUT2D eigenvalue weighted by molar-refractivity contribution is 0.670. The maximum absolute atomic E-state index is 6.85. The summed E-state index contributed by atoms with van der Waals surface area (Å²) in [5.74, 6) is 0. The molecular weight excluding hydrogens is 813 g/mol. The Morgan fingerprint density at radius 1 is 0.239 bits per heavy atom. The molecule has 314 valence electrons. The molecule has 1 heterocycles. The van der Waals surface area contributed by atoms with Crippen LogP contribution in [0.1, 0.15) is 0 Å². The topological polar surface area (TPSA) is 19.6 Å². The Balaban J connectivity index is 0.962. The van der Waals surface area contributed by atoms with Crippen LogP contribution in [0.5, 0.6) is 0 Å². The Hall–Kier alpha value is -8.92. The van der Waals surface area contributed by atoms with Crippen LogP contribution in [0.4, 0.5) is 34.1 Å². The monoisotopic (exact) mass is 854 g/mol. The second-order valence-corrected chi connectivity index (χ2v) is 17.3. The summed E-state index contributed by atoms with van der Waals surface area (Å²) in [6, 6.07) is 91.9. The van der Waals surface area contributed by atoms with E-state index in [1.165, 1.54) is 43.8 Å². The Kier molecular flexibility index (Phi) is 9.17. The van der Waals surface area contributed by atoms with E-state index in [1.54, 1.807) is 0 Å². The summed E-state index contributed by atoms with van der Waals surface area (Å²) in [6.45, 7) is 0. The number of furan rings is 1. The van der Waals surface area contributed by atoms with Gasteiger partial charge in [-0.15, -0.1) is 0 Å². The van der Waals surface area contributed by atoms with E-state index in [1.807, 2.05) is 0 Å². The van der Waals surface area contributed by atoms with Gasteiger partial charge in [0.25, 0.3) is 0 Å². The Labute approximate surface area is 388 Å². The molecule has 0 fully saturated rings. The highest BCUT2D eigenvalue weighted by atomic mass is 16.3. The second kappa shape index (κ2) is 16.0. The highest BCUT2D eigenvalue weighted by Crippen LogP contribution is 2.48. The van der Waals surface area contributed by atoms with Crippen LogP contribution in [-0.2, 0) is 0 Å². The first kappa shape index (κ1) is 38.5. The van der Waals surface area contributed by atoms with Crippen molar-refractivity contribution in [2.24, 2.45) is 0 Å². The third-order valence-corrected chi connectivity index (χ3v) is 13.3. The van der Waals surface area contributed by atoms with Gasteiger partial charge in [0.05, 0.1) is 11.4 Å². The molecule has 0 atom stereocenters. The van der Waals surface area contributed by atoms with Crippen LogP contribution in [0.3, 0.4) is 0 Å². The van der Waals surface area contributed by atoms with E-state index in [2.05, 4.69) is 265 Å². The van der Waals surface area contributed by atoms with Crippen molar-refractivity contribution in [3.05, 3.63) is 255 Å². The predicted molar refractivity (Wildman–Crippen MR) is 284 cm³/mol. The van der Waals surface area contributed by atoms with E-state index in [4.69, 9.17) is 4.42 Å². The van der Waals surface area contributed by atoms with E-state index in [0.717, 1.165) is 77.6 Å². The fourth-order valence-electron chi connectivity index (χ4n) is 10.2. The molecule has 0 aliphatic heterocycles. The molecule has 0 bridgehead atoms. The molecule has 0 N–H and O–H groups in total. The number of fused-ring (bicyclic) bond motifs is 7. The molecular formula is C64H42N2O. The molecule has 0 saturated carbocycles. The lowest BCUT2D eigenvalue weighted by Crippen LogP contribution is -2.12. The highest BCUT2D eigenvalue weighted by Gasteiger charge is 2.23. The molecule has 12 aromatic carbocycles. The van der Waals surface area contributed by atoms with Crippen LogP contribution >= 0.6 is 0 Å². The first-order chi connectivity index (χ1) is 33.2. The zero-order valence-corrected chi connectivity index (χ0v) is 36.6. The fourth-order valence-corrected chi connectivity index (χ4v) is 10.2. The van der Waals surface area contributed by atoms with E-state index >= 15 is 0 Å². The SMILES string of the molecule is c1ccc(-c2ccc3ccccc3c2N(c2ccccc2)c2ccc3cc4c(cc3c2)oc2cc3cc(N(c5ccccc5)c5c(-c6ccccc6)ccc6ccccc56)ccc3cc24)cc1. The third kappa shape index (κ3) is 6.67. The van der Waals surface area contributed by atoms with Gasteiger partial charge >= 0.3 is 0 Å². The minimum Gasteiger partial charge on any atom is -0.456 e. The van der Waals surface area contributed by atoms with Gasteiger partial charge in [-0.2, -0.15) is 0 Å². The Bertz CT molecular complexity index is 3720. The van der Waals surface area contributed by atoms with Crippen LogP contribution in [0.2, 0.25) is 0 Å². The van der Waals surface area contributed by atoms with Gasteiger partial charge < -0.3 is 14.2 Å². The molecule has 0 unspecified atom stereocenters. The minimum absolute atomic E-state index is 0.866. The molecule has 0 aliphatic carbocycles. The Morgan fingerprint density at radius 2 is 0.612 bits per heavy atom. The van der Waals surface area contributed by atoms with Gasteiger partial charge in [-0.1, -0.05) is 182 Å². The van der Waals surface area contributed by atoms with Crippen molar-refractivity contribution >= 4 is 99.2 Å². The number of hydrogen-bond donors (Lipinski definition) is 0. The summed E-state index contributed by atoms with van der Waals surface area (Å²) in [5.41, 5.74) is 13.1. The van der Waals surface area contributed by atoms with Crippen molar-refractivity contribution < 1.29 is 4.42 Å². The average Bonchev–Trinajstić information content (AvgIpc) is 3.74. The molecule has 3 nitrogen and oxygen atoms in total. The second-order valence-electron chi connectivity index (χ2n) is 17.3. The number of anilines is 6. The average molecular weight is 855 g/mol.